The average molecular weight is 231 g/mol. The van der Waals surface area contributed by atoms with E-state index in [1.807, 2.05) is 10.8 Å². The van der Waals surface area contributed by atoms with Gasteiger partial charge in [0, 0.05) is 25.0 Å². The number of aryl methyl sites for hydroxylation is 1. The van der Waals surface area contributed by atoms with Crippen molar-refractivity contribution in [2.24, 2.45) is 5.73 Å². The van der Waals surface area contributed by atoms with Crippen molar-refractivity contribution in [1.29, 1.82) is 0 Å². The van der Waals surface area contributed by atoms with Crippen LogP contribution in [0.25, 0.3) is 0 Å². The van der Waals surface area contributed by atoms with Gasteiger partial charge in [0.15, 0.2) is 0 Å². The zero-order valence-corrected chi connectivity index (χ0v) is 9.70. The third kappa shape index (κ3) is 4.01. The molecule has 0 aliphatic carbocycles. The number of nitrogens with zero attached hydrogens (tertiary/aromatic N) is 2. The maximum Gasteiger partial charge on any atom is 0.150 e. The molecule has 0 aromatic carbocycles. The van der Waals surface area contributed by atoms with Gasteiger partial charge in [0.1, 0.15) is 9.84 Å². The molecule has 0 radical (unpaired) electrons. The quantitative estimate of drug-likeness (QED) is 0.757. The van der Waals surface area contributed by atoms with Gasteiger partial charge < -0.3 is 10.3 Å². The summed E-state index contributed by atoms with van der Waals surface area (Å²) in [6, 6.07) is 0. The Balaban J connectivity index is 2.38. The summed E-state index contributed by atoms with van der Waals surface area (Å²) in [5, 5.41) is 0. The minimum Gasteiger partial charge on any atom is -0.337 e. The molecule has 1 aromatic rings. The molecule has 5 nitrogen and oxygen atoms in total. The standard InChI is InChI=1S/C9H17N3O2S/c1-2-15(13,14)5-3-4-12-7-9(6-10)11-8-12/h7-8H,2-6,10H2,1H3. The van der Waals surface area contributed by atoms with Crippen molar-refractivity contribution in [2.45, 2.75) is 26.4 Å². The SMILES string of the molecule is CCS(=O)(=O)CCCn1cnc(CN)c1. The highest BCUT2D eigenvalue weighted by atomic mass is 32.2. The largest absolute Gasteiger partial charge is 0.337 e. The summed E-state index contributed by atoms with van der Waals surface area (Å²) >= 11 is 0. The molecule has 2 N–H and O–H groups in total. The molecule has 0 spiro atoms. The van der Waals surface area contributed by atoms with Crippen LogP contribution in [0.3, 0.4) is 0 Å². The molecule has 0 saturated heterocycles. The van der Waals surface area contributed by atoms with Crippen LogP contribution in [-0.2, 0) is 22.9 Å². The Kier molecular flexibility index (Phi) is 4.28. The predicted octanol–water partition coefficient (Wildman–Crippen LogP) is 0.167. The van der Waals surface area contributed by atoms with Gasteiger partial charge in [-0.2, -0.15) is 0 Å². The smallest absolute Gasteiger partial charge is 0.150 e. The molecule has 0 fully saturated rings. The Morgan fingerprint density at radius 2 is 2.27 bits per heavy atom. The number of aromatic nitrogens is 2. The molecule has 0 saturated carbocycles. The summed E-state index contributed by atoms with van der Waals surface area (Å²) in [6.07, 6.45) is 4.15. The minimum absolute atomic E-state index is 0.213. The summed E-state index contributed by atoms with van der Waals surface area (Å²) in [5.41, 5.74) is 6.24. The molecule has 0 bridgehead atoms. The van der Waals surface area contributed by atoms with Crippen molar-refractivity contribution in [3.05, 3.63) is 18.2 Å². The molecule has 1 heterocycles. The predicted molar refractivity (Wildman–Crippen MR) is 59.1 cm³/mol. The second-order valence-corrected chi connectivity index (χ2v) is 5.87. The topological polar surface area (TPSA) is 78.0 Å². The van der Waals surface area contributed by atoms with E-state index in [2.05, 4.69) is 4.98 Å². The van der Waals surface area contributed by atoms with Crippen LogP contribution in [0.4, 0.5) is 0 Å². The molecule has 1 rings (SSSR count). The minimum atomic E-state index is -2.85. The number of hydrogen-bond donors (Lipinski definition) is 1. The molecule has 0 atom stereocenters. The van der Waals surface area contributed by atoms with Crippen molar-refractivity contribution in [1.82, 2.24) is 9.55 Å². The Morgan fingerprint density at radius 1 is 1.53 bits per heavy atom. The second kappa shape index (κ2) is 5.27. The van der Waals surface area contributed by atoms with Crippen LogP contribution in [0.5, 0.6) is 0 Å². The van der Waals surface area contributed by atoms with E-state index in [0.717, 1.165) is 5.69 Å². The first-order chi connectivity index (χ1) is 7.07. The first-order valence-electron chi connectivity index (χ1n) is 4.98. The normalized spacial score (nSPS) is 11.9. The summed E-state index contributed by atoms with van der Waals surface area (Å²) in [6.45, 7) is 2.76. The van der Waals surface area contributed by atoms with Crippen molar-refractivity contribution in [2.75, 3.05) is 11.5 Å². The fourth-order valence-corrected chi connectivity index (χ4v) is 2.10. The number of hydrogen-bond acceptors (Lipinski definition) is 4. The molecular weight excluding hydrogens is 214 g/mol. The molecule has 0 amide bonds. The second-order valence-electron chi connectivity index (χ2n) is 3.40. The fraction of sp³-hybridized carbons (Fsp3) is 0.667. The first-order valence-corrected chi connectivity index (χ1v) is 6.80. The van der Waals surface area contributed by atoms with Crippen LogP contribution in [0, 0.1) is 0 Å². The number of imidazole rings is 1. The Labute approximate surface area is 90.2 Å². The van der Waals surface area contributed by atoms with E-state index in [-0.39, 0.29) is 11.5 Å². The molecule has 0 unspecified atom stereocenters. The van der Waals surface area contributed by atoms with Crippen LogP contribution in [0.15, 0.2) is 12.5 Å². The number of rotatable bonds is 6. The average Bonchev–Trinajstić information content (AvgIpc) is 2.66. The monoisotopic (exact) mass is 231 g/mol. The summed E-state index contributed by atoms with van der Waals surface area (Å²) in [5.74, 6) is 0.449. The zero-order chi connectivity index (χ0) is 11.3. The Bertz CT molecular complexity index is 397. The van der Waals surface area contributed by atoms with Crippen LogP contribution >= 0.6 is 0 Å². The van der Waals surface area contributed by atoms with E-state index in [0.29, 0.717) is 19.5 Å². The van der Waals surface area contributed by atoms with Gasteiger partial charge in [0.25, 0.3) is 0 Å². The molecule has 6 heteroatoms. The highest BCUT2D eigenvalue weighted by Crippen LogP contribution is 1.99. The highest BCUT2D eigenvalue weighted by Gasteiger charge is 2.06. The molecule has 15 heavy (non-hydrogen) atoms. The van der Waals surface area contributed by atoms with Gasteiger partial charge in [-0.1, -0.05) is 6.92 Å². The van der Waals surface area contributed by atoms with Gasteiger partial charge in [-0.05, 0) is 6.42 Å². The lowest BCUT2D eigenvalue weighted by Gasteiger charge is -2.02. The van der Waals surface area contributed by atoms with Gasteiger partial charge in [-0.15, -0.1) is 0 Å². The van der Waals surface area contributed by atoms with Crippen LogP contribution in [0.1, 0.15) is 19.0 Å². The highest BCUT2D eigenvalue weighted by molar-refractivity contribution is 7.91. The molecule has 0 aliphatic rings. The maximum absolute atomic E-state index is 11.2. The van der Waals surface area contributed by atoms with Gasteiger partial charge in [-0.3, -0.25) is 0 Å². The maximum atomic E-state index is 11.2. The van der Waals surface area contributed by atoms with Gasteiger partial charge in [0.05, 0.1) is 17.8 Å². The van der Waals surface area contributed by atoms with E-state index in [1.54, 1.807) is 13.3 Å². The van der Waals surface area contributed by atoms with E-state index >= 15 is 0 Å². The van der Waals surface area contributed by atoms with E-state index in [9.17, 15) is 8.42 Å². The molecule has 86 valence electrons. The van der Waals surface area contributed by atoms with Crippen LogP contribution in [-0.4, -0.2) is 29.5 Å². The Hall–Kier alpha value is -0.880. The zero-order valence-electron chi connectivity index (χ0n) is 8.89. The van der Waals surface area contributed by atoms with Crippen LogP contribution in [0.2, 0.25) is 0 Å². The van der Waals surface area contributed by atoms with Crippen molar-refractivity contribution in [3.8, 4) is 0 Å². The lowest BCUT2D eigenvalue weighted by atomic mass is 10.4. The fourth-order valence-electron chi connectivity index (χ4n) is 1.25. The van der Waals surface area contributed by atoms with E-state index in [4.69, 9.17) is 5.73 Å². The summed E-state index contributed by atoms with van der Waals surface area (Å²) < 4.78 is 24.3. The van der Waals surface area contributed by atoms with E-state index < -0.39 is 9.84 Å². The summed E-state index contributed by atoms with van der Waals surface area (Å²) in [4.78, 5) is 4.06. The van der Waals surface area contributed by atoms with Crippen molar-refractivity contribution < 1.29 is 8.42 Å². The van der Waals surface area contributed by atoms with E-state index in [1.165, 1.54) is 0 Å². The van der Waals surface area contributed by atoms with Gasteiger partial charge in [-0.25, -0.2) is 13.4 Å². The lowest BCUT2D eigenvalue weighted by molar-refractivity contribution is 0.587. The lowest BCUT2D eigenvalue weighted by Crippen LogP contribution is -2.10. The van der Waals surface area contributed by atoms with Crippen molar-refractivity contribution in [3.63, 3.8) is 0 Å². The number of nitrogens with two attached hydrogens (primary N) is 1. The van der Waals surface area contributed by atoms with Gasteiger partial charge >= 0.3 is 0 Å². The third-order valence-electron chi connectivity index (χ3n) is 2.21. The summed E-state index contributed by atoms with van der Waals surface area (Å²) in [7, 11) is -2.85. The molecule has 1 aromatic heterocycles. The van der Waals surface area contributed by atoms with Gasteiger partial charge in [0.2, 0.25) is 0 Å². The Morgan fingerprint density at radius 3 is 2.80 bits per heavy atom. The molecular formula is C9H17N3O2S. The molecule has 0 aliphatic heterocycles. The third-order valence-corrected chi connectivity index (χ3v) is 4.00. The first kappa shape index (κ1) is 12.2. The number of sulfone groups is 1. The van der Waals surface area contributed by atoms with Crippen molar-refractivity contribution >= 4 is 9.84 Å². The van der Waals surface area contributed by atoms with Crippen LogP contribution < -0.4 is 5.73 Å².